The number of carbonyl (C=O) groups excluding carboxylic acids is 1. The molecule has 0 fully saturated rings. The van der Waals surface area contributed by atoms with Crippen LogP contribution in [0.4, 0.5) is 0 Å². The SMILES string of the molecule is CC(Cc1ccccc1)C(=O)OCCC(N)Cc1ccccc1. The van der Waals surface area contributed by atoms with Gasteiger partial charge in [-0.25, -0.2) is 0 Å². The Morgan fingerprint density at radius 2 is 1.48 bits per heavy atom. The summed E-state index contributed by atoms with van der Waals surface area (Å²) in [4.78, 5) is 12.0. The standard InChI is InChI=1S/C20H25NO2/c1-16(14-17-8-4-2-5-9-17)20(22)23-13-12-19(21)15-18-10-6-3-7-11-18/h2-11,16,19H,12-15,21H2,1H3. The van der Waals surface area contributed by atoms with Gasteiger partial charge in [-0.2, -0.15) is 0 Å². The molecule has 2 N–H and O–H groups in total. The predicted molar refractivity (Wildman–Crippen MR) is 93.0 cm³/mol. The summed E-state index contributed by atoms with van der Waals surface area (Å²) in [7, 11) is 0. The van der Waals surface area contributed by atoms with Gasteiger partial charge in [-0.15, -0.1) is 0 Å². The third kappa shape index (κ3) is 6.25. The molecule has 0 aliphatic heterocycles. The summed E-state index contributed by atoms with van der Waals surface area (Å²) in [5, 5.41) is 0. The summed E-state index contributed by atoms with van der Waals surface area (Å²) in [6.45, 7) is 2.28. The van der Waals surface area contributed by atoms with E-state index in [1.807, 2.05) is 55.5 Å². The van der Waals surface area contributed by atoms with Crippen molar-refractivity contribution in [2.24, 2.45) is 11.7 Å². The zero-order chi connectivity index (χ0) is 16.5. The minimum absolute atomic E-state index is 0.00892. The second-order valence-corrected chi connectivity index (χ2v) is 6.00. The summed E-state index contributed by atoms with van der Waals surface area (Å²) in [5.74, 6) is -0.288. The normalized spacial score (nSPS) is 13.3. The first-order valence-electron chi connectivity index (χ1n) is 8.15. The van der Waals surface area contributed by atoms with Gasteiger partial charge in [-0.3, -0.25) is 4.79 Å². The molecule has 2 aromatic carbocycles. The van der Waals surface area contributed by atoms with E-state index in [0.717, 1.165) is 12.0 Å². The molecule has 0 aliphatic rings. The molecule has 2 aromatic rings. The van der Waals surface area contributed by atoms with Crippen molar-refractivity contribution in [2.75, 3.05) is 6.61 Å². The Morgan fingerprint density at radius 1 is 0.957 bits per heavy atom. The van der Waals surface area contributed by atoms with E-state index >= 15 is 0 Å². The van der Waals surface area contributed by atoms with Gasteiger partial charge in [0.2, 0.25) is 0 Å². The van der Waals surface area contributed by atoms with Crippen molar-refractivity contribution in [3.05, 3.63) is 71.8 Å². The van der Waals surface area contributed by atoms with Crippen LogP contribution in [0.3, 0.4) is 0 Å². The maximum atomic E-state index is 12.0. The molecule has 0 saturated heterocycles. The lowest BCUT2D eigenvalue weighted by Gasteiger charge is -2.14. The van der Waals surface area contributed by atoms with E-state index in [4.69, 9.17) is 10.5 Å². The Kier molecular flexibility index (Phi) is 6.82. The number of carbonyl (C=O) groups is 1. The van der Waals surface area contributed by atoms with E-state index in [2.05, 4.69) is 12.1 Å². The fourth-order valence-electron chi connectivity index (χ4n) is 2.52. The number of ether oxygens (including phenoxy) is 1. The molecular weight excluding hydrogens is 286 g/mol. The first-order valence-corrected chi connectivity index (χ1v) is 8.15. The van der Waals surface area contributed by atoms with Crippen molar-refractivity contribution < 1.29 is 9.53 Å². The first kappa shape index (κ1) is 17.2. The third-order valence-electron chi connectivity index (χ3n) is 3.86. The number of esters is 1. The van der Waals surface area contributed by atoms with Gasteiger partial charge >= 0.3 is 5.97 Å². The molecule has 3 heteroatoms. The number of hydrogen-bond acceptors (Lipinski definition) is 3. The molecule has 2 atom stereocenters. The lowest BCUT2D eigenvalue weighted by Crippen LogP contribution is -2.26. The molecule has 23 heavy (non-hydrogen) atoms. The molecule has 2 rings (SSSR count). The Bertz CT molecular complexity index is 583. The van der Waals surface area contributed by atoms with Gasteiger partial charge in [0.1, 0.15) is 0 Å². The zero-order valence-corrected chi connectivity index (χ0v) is 13.7. The topological polar surface area (TPSA) is 52.3 Å². The molecule has 0 bridgehead atoms. The van der Waals surface area contributed by atoms with E-state index in [9.17, 15) is 4.79 Å². The van der Waals surface area contributed by atoms with Gasteiger partial charge in [-0.05, 0) is 30.4 Å². The van der Waals surface area contributed by atoms with Crippen LogP contribution in [0.2, 0.25) is 0 Å². The third-order valence-corrected chi connectivity index (χ3v) is 3.86. The van der Waals surface area contributed by atoms with Gasteiger partial charge in [0.05, 0.1) is 12.5 Å². The van der Waals surface area contributed by atoms with Crippen molar-refractivity contribution in [2.45, 2.75) is 32.2 Å². The second kappa shape index (κ2) is 9.11. The summed E-state index contributed by atoms with van der Waals surface area (Å²) < 4.78 is 5.37. The van der Waals surface area contributed by atoms with Gasteiger partial charge in [-0.1, -0.05) is 67.6 Å². The molecular formula is C20H25NO2. The van der Waals surface area contributed by atoms with Crippen molar-refractivity contribution in [1.82, 2.24) is 0 Å². The van der Waals surface area contributed by atoms with Crippen molar-refractivity contribution in [1.29, 1.82) is 0 Å². The fourth-order valence-corrected chi connectivity index (χ4v) is 2.52. The van der Waals surface area contributed by atoms with Crippen molar-refractivity contribution >= 4 is 5.97 Å². The Labute approximate surface area is 138 Å². The molecule has 0 radical (unpaired) electrons. The minimum atomic E-state index is -0.152. The fraction of sp³-hybridized carbons (Fsp3) is 0.350. The molecule has 2 unspecified atom stereocenters. The highest BCUT2D eigenvalue weighted by Gasteiger charge is 2.15. The Morgan fingerprint density at radius 3 is 2.04 bits per heavy atom. The number of benzene rings is 2. The van der Waals surface area contributed by atoms with Crippen LogP contribution < -0.4 is 5.73 Å². The highest BCUT2D eigenvalue weighted by Crippen LogP contribution is 2.10. The van der Waals surface area contributed by atoms with Gasteiger partial charge in [0, 0.05) is 6.04 Å². The van der Waals surface area contributed by atoms with Crippen LogP contribution in [0.5, 0.6) is 0 Å². The van der Waals surface area contributed by atoms with Crippen LogP contribution in [0, 0.1) is 5.92 Å². The van der Waals surface area contributed by atoms with Crippen LogP contribution in [0.15, 0.2) is 60.7 Å². The summed E-state index contributed by atoms with van der Waals surface area (Å²) >= 11 is 0. The average molecular weight is 311 g/mol. The van der Waals surface area contributed by atoms with Crippen LogP contribution in [0.25, 0.3) is 0 Å². The molecule has 0 spiro atoms. The zero-order valence-electron chi connectivity index (χ0n) is 13.7. The predicted octanol–water partition coefficient (Wildman–Crippen LogP) is 3.37. The highest BCUT2D eigenvalue weighted by atomic mass is 16.5. The van der Waals surface area contributed by atoms with Gasteiger partial charge in [0.15, 0.2) is 0 Å². The lowest BCUT2D eigenvalue weighted by molar-refractivity contribution is -0.148. The number of hydrogen-bond donors (Lipinski definition) is 1. The van der Waals surface area contributed by atoms with Crippen molar-refractivity contribution in [3.63, 3.8) is 0 Å². The van der Waals surface area contributed by atoms with E-state index in [0.29, 0.717) is 19.4 Å². The largest absolute Gasteiger partial charge is 0.465 e. The molecule has 0 amide bonds. The molecule has 0 aromatic heterocycles. The molecule has 0 heterocycles. The van der Waals surface area contributed by atoms with Gasteiger partial charge < -0.3 is 10.5 Å². The van der Waals surface area contributed by atoms with Crippen LogP contribution in [-0.2, 0) is 22.4 Å². The lowest BCUT2D eigenvalue weighted by atomic mass is 10.0. The summed E-state index contributed by atoms with van der Waals surface area (Å²) in [6.07, 6.45) is 2.19. The second-order valence-electron chi connectivity index (χ2n) is 6.00. The highest BCUT2D eigenvalue weighted by molar-refractivity contribution is 5.72. The van der Waals surface area contributed by atoms with Crippen molar-refractivity contribution in [3.8, 4) is 0 Å². The number of nitrogens with two attached hydrogens (primary N) is 1. The molecule has 3 nitrogen and oxygen atoms in total. The van der Waals surface area contributed by atoms with Crippen LogP contribution >= 0.6 is 0 Å². The monoisotopic (exact) mass is 311 g/mol. The summed E-state index contributed by atoms with van der Waals surface area (Å²) in [5.41, 5.74) is 8.46. The maximum absolute atomic E-state index is 12.0. The Balaban J connectivity index is 1.67. The smallest absolute Gasteiger partial charge is 0.308 e. The van der Waals surface area contributed by atoms with E-state index in [1.54, 1.807) is 0 Å². The Hall–Kier alpha value is -2.13. The van der Waals surface area contributed by atoms with Crippen LogP contribution in [-0.4, -0.2) is 18.6 Å². The molecule has 0 aliphatic carbocycles. The minimum Gasteiger partial charge on any atom is -0.465 e. The maximum Gasteiger partial charge on any atom is 0.308 e. The first-order chi connectivity index (χ1) is 11.1. The molecule has 122 valence electrons. The van der Waals surface area contributed by atoms with Crippen LogP contribution in [0.1, 0.15) is 24.5 Å². The van der Waals surface area contributed by atoms with Gasteiger partial charge in [0.25, 0.3) is 0 Å². The number of rotatable bonds is 8. The summed E-state index contributed by atoms with van der Waals surface area (Å²) in [6, 6.07) is 20.1. The molecule has 0 saturated carbocycles. The average Bonchev–Trinajstić information content (AvgIpc) is 2.56. The van der Waals surface area contributed by atoms with E-state index in [-0.39, 0.29) is 17.9 Å². The van der Waals surface area contributed by atoms with E-state index < -0.39 is 0 Å². The quantitative estimate of drug-likeness (QED) is 0.761. The van der Waals surface area contributed by atoms with E-state index in [1.165, 1.54) is 5.56 Å².